The van der Waals surface area contributed by atoms with Crippen LogP contribution in [0.25, 0.3) is 0 Å². The number of rotatable bonds is 3. The average molecular weight is 194 g/mol. The molecule has 80 valence electrons. The van der Waals surface area contributed by atoms with Gasteiger partial charge in [-0.05, 0) is 52.4 Å². The standard InChI is InChI=1S/C13H22O/c1-3-14-10(2)12-8-9-13(12)11-6-4-5-7-11/h10,12H,3-9H2,1-2H3. The molecular weight excluding hydrogens is 172 g/mol. The first-order chi connectivity index (χ1) is 6.83. The van der Waals surface area contributed by atoms with Crippen molar-refractivity contribution >= 4 is 0 Å². The summed E-state index contributed by atoms with van der Waals surface area (Å²) in [4.78, 5) is 0. The second-order valence-electron chi connectivity index (χ2n) is 4.64. The van der Waals surface area contributed by atoms with Crippen LogP contribution in [0.4, 0.5) is 0 Å². The molecule has 0 aromatic heterocycles. The Kier molecular flexibility index (Phi) is 3.27. The lowest BCUT2D eigenvalue weighted by Crippen LogP contribution is -2.30. The second kappa shape index (κ2) is 4.48. The average Bonchev–Trinajstić information content (AvgIpc) is 2.55. The molecule has 0 aromatic carbocycles. The molecule has 2 rings (SSSR count). The van der Waals surface area contributed by atoms with Crippen LogP contribution in [0.2, 0.25) is 0 Å². The molecule has 2 atom stereocenters. The van der Waals surface area contributed by atoms with E-state index in [2.05, 4.69) is 13.8 Å². The van der Waals surface area contributed by atoms with Crippen molar-refractivity contribution in [3.8, 4) is 0 Å². The first-order valence-corrected chi connectivity index (χ1v) is 6.15. The Hall–Kier alpha value is -0.300. The van der Waals surface area contributed by atoms with E-state index >= 15 is 0 Å². The Morgan fingerprint density at radius 1 is 1.29 bits per heavy atom. The van der Waals surface area contributed by atoms with Crippen molar-refractivity contribution in [3.63, 3.8) is 0 Å². The van der Waals surface area contributed by atoms with E-state index in [0.29, 0.717) is 6.10 Å². The summed E-state index contributed by atoms with van der Waals surface area (Å²) < 4.78 is 5.70. The molecular formula is C13H22O. The third-order valence-electron chi connectivity index (χ3n) is 3.83. The first-order valence-electron chi connectivity index (χ1n) is 6.15. The summed E-state index contributed by atoms with van der Waals surface area (Å²) in [6.07, 6.45) is 8.78. The zero-order valence-electron chi connectivity index (χ0n) is 9.51. The molecule has 2 unspecified atom stereocenters. The number of hydrogen-bond acceptors (Lipinski definition) is 1. The maximum atomic E-state index is 5.70. The highest BCUT2D eigenvalue weighted by atomic mass is 16.5. The van der Waals surface area contributed by atoms with E-state index < -0.39 is 0 Å². The van der Waals surface area contributed by atoms with Gasteiger partial charge in [0, 0.05) is 12.5 Å². The molecule has 14 heavy (non-hydrogen) atoms. The van der Waals surface area contributed by atoms with Gasteiger partial charge in [0.25, 0.3) is 0 Å². The molecule has 1 nitrogen and oxygen atoms in total. The Morgan fingerprint density at radius 3 is 2.50 bits per heavy atom. The van der Waals surface area contributed by atoms with E-state index in [-0.39, 0.29) is 0 Å². The highest BCUT2D eigenvalue weighted by molar-refractivity contribution is 5.26. The van der Waals surface area contributed by atoms with Crippen molar-refractivity contribution in [2.24, 2.45) is 5.92 Å². The molecule has 2 saturated carbocycles. The van der Waals surface area contributed by atoms with Crippen LogP contribution >= 0.6 is 0 Å². The van der Waals surface area contributed by atoms with Gasteiger partial charge in [-0.2, -0.15) is 0 Å². The monoisotopic (exact) mass is 194 g/mol. The summed E-state index contributed by atoms with van der Waals surface area (Å²) in [6, 6.07) is 0. The fourth-order valence-electron chi connectivity index (χ4n) is 2.91. The zero-order valence-corrected chi connectivity index (χ0v) is 9.51. The predicted octanol–water partition coefficient (Wildman–Crippen LogP) is 3.69. The molecule has 2 fully saturated rings. The highest BCUT2D eigenvalue weighted by Gasteiger charge is 2.32. The van der Waals surface area contributed by atoms with Crippen molar-refractivity contribution in [2.75, 3.05) is 6.61 Å². The molecule has 2 aliphatic carbocycles. The number of ether oxygens (including phenoxy) is 1. The van der Waals surface area contributed by atoms with Crippen molar-refractivity contribution in [3.05, 3.63) is 11.1 Å². The molecule has 0 aromatic rings. The Bertz CT molecular complexity index is 221. The minimum absolute atomic E-state index is 0.455. The maximum Gasteiger partial charge on any atom is 0.0612 e. The van der Waals surface area contributed by atoms with E-state index in [0.717, 1.165) is 12.5 Å². The van der Waals surface area contributed by atoms with Gasteiger partial charge in [0.15, 0.2) is 0 Å². The van der Waals surface area contributed by atoms with E-state index in [1.807, 2.05) is 0 Å². The Labute approximate surface area is 87.5 Å². The normalized spacial score (nSPS) is 29.1. The van der Waals surface area contributed by atoms with E-state index in [4.69, 9.17) is 4.74 Å². The zero-order chi connectivity index (χ0) is 9.97. The molecule has 0 amide bonds. The molecule has 1 heteroatoms. The molecule has 2 aliphatic rings. The van der Waals surface area contributed by atoms with Gasteiger partial charge in [-0.15, -0.1) is 0 Å². The summed E-state index contributed by atoms with van der Waals surface area (Å²) in [7, 11) is 0. The summed E-state index contributed by atoms with van der Waals surface area (Å²) >= 11 is 0. The van der Waals surface area contributed by atoms with Crippen LogP contribution in [0.1, 0.15) is 52.4 Å². The fraction of sp³-hybridized carbons (Fsp3) is 0.846. The SMILES string of the molecule is CCOC(C)C1CCC1=C1CCCC1. The lowest BCUT2D eigenvalue weighted by Gasteiger charge is -2.36. The lowest BCUT2D eigenvalue weighted by molar-refractivity contribution is 0.0279. The van der Waals surface area contributed by atoms with Gasteiger partial charge in [-0.1, -0.05) is 11.1 Å². The Balaban J connectivity index is 1.97. The van der Waals surface area contributed by atoms with Crippen molar-refractivity contribution in [2.45, 2.75) is 58.5 Å². The first kappa shape index (κ1) is 10.2. The molecule has 0 aliphatic heterocycles. The van der Waals surface area contributed by atoms with Crippen LogP contribution in [0, 0.1) is 5.92 Å². The smallest absolute Gasteiger partial charge is 0.0612 e. The van der Waals surface area contributed by atoms with Crippen LogP contribution < -0.4 is 0 Å². The van der Waals surface area contributed by atoms with Crippen LogP contribution in [-0.4, -0.2) is 12.7 Å². The Morgan fingerprint density at radius 2 is 2.00 bits per heavy atom. The fourth-order valence-corrected chi connectivity index (χ4v) is 2.91. The minimum Gasteiger partial charge on any atom is -0.378 e. The van der Waals surface area contributed by atoms with Gasteiger partial charge in [-0.3, -0.25) is 0 Å². The van der Waals surface area contributed by atoms with Gasteiger partial charge in [-0.25, -0.2) is 0 Å². The number of hydrogen-bond donors (Lipinski definition) is 0. The van der Waals surface area contributed by atoms with Crippen LogP contribution in [0.15, 0.2) is 11.1 Å². The number of allylic oxidation sites excluding steroid dienone is 1. The van der Waals surface area contributed by atoms with Gasteiger partial charge in [0.05, 0.1) is 6.10 Å². The van der Waals surface area contributed by atoms with Crippen molar-refractivity contribution < 1.29 is 4.74 Å². The third kappa shape index (κ3) is 1.88. The van der Waals surface area contributed by atoms with Crippen LogP contribution in [0.3, 0.4) is 0 Å². The largest absolute Gasteiger partial charge is 0.378 e. The van der Waals surface area contributed by atoms with Crippen molar-refractivity contribution in [1.82, 2.24) is 0 Å². The molecule has 0 heterocycles. The quantitative estimate of drug-likeness (QED) is 0.623. The summed E-state index contributed by atoms with van der Waals surface area (Å²) in [5.41, 5.74) is 3.55. The third-order valence-corrected chi connectivity index (χ3v) is 3.83. The van der Waals surface area contributed by atoms with Crippen LogP contribution in [-0.2, 0) is 4.74 Å². The van der Waals surface area contributed by atoms with E-state index in [1.165, 1.54) is 38.5 Å². The van der Waals surface area contributed by atoms with E-state index in [1.54, 1.807) is 11.1 Å². The summed E-state index contributed by atoms with van der Waals surface area (Å²) in [5, 5.41) is 0. The lowest BCUT2D eigenvalue weighted by atomic mass is 9.73. The highest BCUT2D eigenvalue weighted by Crippen LogP contribution is 2.43. The molecule has 0 saturated heterocycles. The maximum absolute atomic E-state index is 5.70. The minimum atomic E-state index is 0.455. The second-order valence-corrected chi connectivity index (χ2v) is 4.64. The van der Waals surface area contributed by atoms with Gasteiger partial charge in [0.2, 0.25) is 0 Å². The van der Waals surface area contributed by atoms with Crippen LogP contribution in [0.5, 0.6) is 0 Å². The topological polar surface area (TPSA) is 9.23 Å². The molecule has 0 spiro atoms. The molecule has 0 bridgehead atoms. The molecule has 0 radical (unpaired) electrons. The van der Waals surface area contributed by atoms with Gasteiger partial charge in [0.1, 0.15) is 0 Å². The summed E-state index contributed by atoms with van der Waals surface area (Å²) in [6.45, 7) is 5.20. The van der Waals surface area contributed by atoms with Crippen molar-refractivity contribution in [1.29, 1.82) is 0 Å². The van der Waals surface area contributed by atoms with E-state index in [9.17, 15) is 0 Å². The van der Waals surface area contributed by atoms with Gasteiger partial charge >= 0.3 is 0 Å². The van der Waals surface area contributed by atoms with Gasteiger partial charge < -0.3 is 4.74 Å². The summed E-state index contributed by atoms with van der Waals surface area (Å²) in [5.74, 6) is 0.767. The predicted molar refractivity (Wildman–Crippen MR) is 59.3 cm³/mol. The molecule has 0 N–H and O–H groups in total.